The highest BCUT2D eigenvalue weighted by molar-refractivity contribution is 5.90. The number of carbonyl (C=O) groups is 1. The van der Waals surface area contributed by atoms with E-state index >= 15 is 0 Å². The quantitative estimate of drug-likeness (QED) is 0.789. The zero-order valence-electron chi connectivity index (χ0n) is 7.90. The number of para-hydroxylation sites is 1. The molecular formula is C11H13NO2. The van der Waals surface area contributed by atoms with Gasteiger partial charge in [-0.2, -0.15) is 0 Å². The molecule has 0 radical (unpaired) electrons. The molecule has 1 amide bonds. The molecule has 0 bridgehead atoms. The smallest absolute Gasteiger partial charge is 0.224 e. The van der Waals surface area contributed by atoms with Crippen LogP contribution in [0.5, 0.6) is 0 Å². The van der Waals surface area contributed by atoms with Gasteiger partial charge in [-0.3, -0.25) is 4.79 Å². The van der Waals surface area contributed by atoms with Crippen molar-refractivity contribution in [1.29, 1.82) is 0 Å². The van der Waals surface area contributed by atoms with Crippen molar-refractivity contribution in [1.82, 2.24) is 0 Å². The first kappa shape index (κ1) is 9.21. The maximum absolute atomic E-state index is 11.4. The van der Waals surface area contributed by atoms with Crippen molar-refractivity contribution in [2.45, 2.75) is 6.42 Å². The molecule has 14 heavy (non-hydrogen) atoms. The highest BCUT2D eigenvalue weighted by atomic mass is 16.5. The summed E-state index contributed by atoms with van der Waals surface area (Å²) in [6.07, 6.45) is 0.564. The summed E-state index contributed by atoms with van der Waals surface area (Å²) in [6.45, 7) is 1.45. The molecule has 1 fully saturated rings. The molecule has 0 aliphatic carbocycles. The van der Waals surface area contributed by atoms with Gasteiger partial charge in [0.05, 0.1) is 13.2 Å². The Labute approximate surface area is 83.1 Å². The molecule has 74 valence electrons. The number of benzene rings is 1. The zero-order valence-corrected chi connectivity index (χ0v) is 7.90. The second kappa shape index (κ2) is 4.24. The maximum atomic E-state index is 11.4. The van der Waals surface area contributed by atoms with Crippen LogP contribution < -0.4 is 5.32 Å². The lowest BCUT2D eigenvalue weighted by atomic mass is 10.0. The highest BCUT2D eigenvalue weighted by Crippen LogP contribution is 2.15. The van der Waals surface area contributed by atoms with E-state index in [1.54, 1.807) is 0 Å². The van der Waals surface area contributed by atoms with Gasteiger partial charge in [0, 0.05) is 18.0 Å². The summed E-state index contributed by atoms with van der Waals surface area (Å²) in [5, 5.41) is 2.85. The Balaban J connectivity index is 1.82. The zero-order chi connectivity index (χ0) is 9.80. The second-order valence-corrected chi connectivity index (χ2v) is 3.52. The molecule has 0 saturated carbocycles. The summed E-state index contributed by atoms with van der Waals surface area (Å²) >= 11 is 0. The highest BCUT2D eigenvalue weighted by Gasteiger charge is 2.21. The van der Waals surface area contributed by atoms with Crippen molar-refractivity contribution < 1.29 is 9.53 Å². The first-order chi connectivity index (χ1) is 6.84. The van der Waals surface area contributed by atoms with Crippen LogP contribution in [0.2, 0.25) is 0 Å². The Kier molecular flexibility index (Phi) is 2.79. The van der Waals surface area contributed by atoms with E-state index in [-0.39, 0.29) is 5.91 Å². The predicted molar refractivity (Wildman–Crippen MR) is 54.0 cm³/mol. The minimum atomic E-state index is 0.0736. The lowest BCUT2D eigenvalue weighted by molar-refractivity contribution is -0.121. The van der Waals surface area contributed by atoms with Crippen LogP contribution >= 0.6 is 0 Å². The van der Waals surface area contributed by atoms with Crippen molar-refractivity contribution in [3.05, 3.63) is 30.3 Å². The van der Waals surface area contributed by atoms with E-state index in [0.29, 0.717) is 12.3 Å². The topological polar surface area (TPSA) is 38.3 Å². The molecule has 1 aromatic carbocycles. The van der Waals surface area contributed by atoms with Gasteiger partial charge in [0.25, 0.3) is 0 Å². The van der Waals surface area contributed by atoms with Gasteiger partial charge in [-0.05, 0) is 12.1 Å². The fourth-order valence-corrected chi connectivity index (χ4v) is 1.40. The Morgan fingerprint density at radius 2 is 2.07 bits per heavy atom. The number of hydrogen-bond acceptors (Lipinski definition) is 2. The van der Waals surface area contributed by atoms with Crippen molar-refractivity contribution in [3.63, 3.8) is 0 Å². The SMILES string of the molecule is O=C(CC1COC1)Nc1ccccc1. The fourth-order valence-electron chi connectivity index (χ4n) is 1.40. The van der Waals surface area contributed by atoms with Crippen LogP contribution in [0, 0.1) is 5.92 Å². The van der Waals surface area contributed by atoms with Crippen LogP contribution in [0.1, 0.15) is 6.42 Å². The van der Waals surface area contributed by atoms with Crippen molar-refractivity contribution >= 4 is 11.6 Å². The third-order valence-electron chi connectivity index (χ3n) is 2.24. The van der Waals surface area contributed by atoms with E-state index < -0.39 is 0 Å². The first-order valence-electron chi connectivity index (χ1n) is 4.77. The number of anilines is 1. The molecular weight excluding hydrogens is 178 g/mol. The third-order valence-corrected chi connectivity index (χ3v) is 2.24. The standard InChI is InChI=1S/C11H13NO2/c13-11(6-9-7-14-8-9)12-10-4-2-1-3-5-10/h1-5,9H,6-8H2,(H,12,13). The Bertz CT molecular complexity index is 306. The molecule has 1 N–H and O–H groups in total. The number of nitrogens with one attached hydrogen (secondary N) is 1. The average Bonchev–Trinajstić information content (AvgIpc) is 2.13. The Hall–Kier alpha value is -1.35. The van der Waals surface area contributed by atoms with Crippen molar-refractivity contribution in [3.8, 4) is 0 Å². The maximum Gasteiger partial charge on any atom is 0.224 e. The Morgan fingerprint density at radius 1 is 1.36 bits per heavy atom. The molecule has 0 spiro atoms. The van der Waals surface area contributed by atoms with Crippen LogP contribution in [0.4, 0.5) is 5.69 Å². The molecule has 1 heterocycles. The lowest BCUT2D eigenvalue weighted by Crippen LogP contribution is -2.31. The molecule has 2 rings (SSSR count). The number of amides is 1. The Morgan fingerprint density at radius 3 is 2.64 bits per heavy atom. The summed E-state index contributed by atoms with van der Waals surface area (Å²) < 4.78 is 5.01. The van der Waals surface area contributed by atoms with Gasteiger partial charge in [-0.1, -0.05) is 18.2 Å². The van der Waals surface area contributed by atoms with Gasteiger partial charge in [0.1, 0.15) is 0 Å². The monoisotopic (exact) mass is 191 g/mol. The normalized spacial score (nSPS) is 16.0. The summed E-state index contributed by atoms with van der Waals surface area (Å²) in [5.41, 5.74) is 0.859. The molecule has 1 aromatic rings. The largest absolute Gasteiger partial charge is 0.381 e. The van der Waals surface area contributed by atoms with Gasteiger partial charge in [0.2, 0.25) is 5.91 Å². The van der Waals surface area contributed by atoms with Gasteiger partial charge < -0.3 is 10.1 Å². The van der Waals surface area contributed by atoms with Crippen molar-refractivity contribution in [2.75, 3.05) is 18.5 Å². The summed E-state index contributed by atoms with van der Waals surface area (Å²) in [7, 11) is 0. The molecule has 0 atom stereocenters. The summed E-state index contributed by atoms with van der Waals surface area (Å²) in [6, 6.07) is 9.50. The van der Waals surface area contributed by atoms with Gasteiger partial charge in [-0.15, -0.1) is 0 Å². The molecule has 1 aliphatic heterocycles. The van der Waals surface area contributed by atoms with Crippen LogP contribution in [-0.2, 0) is 9.53 Å². The van der Waals surface area contributed by atoms with E-state index in [0.717, 1.165) is 18.9 Å². The molecule has 3 nitrogen and oxygen atoms in total. The van der Waals surface area contributed by atoms with Crippen LogP contribution in [0.3, 0.4) is 0 Å². The molecule has 3 heteroatoms. The van der Waals surface area contributed by atoms with Crippen molar-refractivity contribution in [2.24, 2.45) is 5.92 Å². The number of rotatable bonds is 3. The van der Waals surface area contributed by atoms with Crippen LogP contribution in [-0.4, -0.2) is 19.1 Å². The van der Waals surface area contributed by atoms with E-state index in [1.807, 2.05) is 30.3 Å². The third kappa shape index (κ3) is 2.33. The second-order valence-electron chi connectivity index (χ2n) is 3.52. The first-order valence-corrected chi connectivity index (χ1v) is 4.77. The van der Waals surface area contributed by atoms with Gasteiger partial charge in [-0.25, -0.2) is 0 Å². The summed E-state index contributed by atoms with van der Waals surface area (Å²) in [5.74, 6) is 0.489. The van der Waals surface area contributed by atoms with E-state index in [2.05, 4.69) is 5.32 Å². The van der Waals surface area contributed by atoms with E-state index in [9.17, 15) is 4.79 Å². The molecule has 1 aliphatic rings. The number of hydrogen-bond donors (Lipinski definition) is 1. The fraction of sp³-hybridized carbons (Fsp3) is 0.364. The molecule has 1 saturated heterocycles. The van der Waals surface area contributed by atoms with E-state index in [1.165, 1.54) is 0 Å². The van der Waals surface area contributed by atoms with Crippen LogP contribution in [0.25, 0.3) is 0 Å². The van der Waals surface area contributed by atoms with E-state index in [4.69, 9.17) is 4.74 Å². The van der Waals surface area contributed by atoms with Gasteiger partial charge in [0.15, 0.2) is 0 Å². The lowest BCUT2D eigenvalue weighted by Gasteiger charge is -2.25. The average molecular weight is 191 g/mol. The number of carbonyl (C=O) groups excluding carboxylic acids is 1. The molecule has 0 aromatic heterocycles. The predicted octanol–water partition coefficient (Wildman–Crippen LogP) is 1.66. The molecule has 0 unspecified atom stereocenters. The minimum absolute atomic E-state index is 0.0736. The minimum Gasteiger partial charge on any atom is -0.381 e. The van der Waals surface area contributed by atoms with Crippen LogP contribution in [0.15, 0.2) is 30.3 Å². The summed E-state index contributed by atoms with van der Waals surface area (Å²) in [4.78, 5) is 11.4. The number of ether oxygens (including phenoxy) is 1. The van der Waals surface area contributed by atoms with Gasteiger partial charge >= 0.3 is 0 Å².